The summed E-state index contributed by atoms with van der Waals surface area (Å²) >= 11 is 0. The van der Waals surface area contributed by atoms with E-state index in [2.05, 4.69) is 19.2 Å². The van der Waals surface area contributed by atoms with Gasteiger partial charge < -0.3 is 15.3 Å². The normalized spacial score (nSPS) is 28.3. The van der Waals surface area contributed by atoms with E-state index < -0.39 is 12.0 Å². The number of likely N-dealkylation sites (tertiary alicyclic amines) is 1. The molecule has 0 bridgehead atoms. The molecule has 1 aliphatic heterocycles. The van der Waals surface area contributed by atoms with Crippen molar-refractivity contribution in [2.24, 2.45) is 17.3 Å². The number of carbonyl (C=O) groups excluding carboxylic acids is 1. The van der Waals surface area contributed by atoms with Gasteiger partial charge in [0.05, 0.1) is 0 Å². The number of hydrogen-bond acceptors (Lipinski definition) is 2. The Bertz CT molecular complexity index is 391. The fraction of sp³-hybridized carbons (Fsp3) is 0.867. The molecular formula is C15H26N2O3. The Balaban J connectivity index is 1.92. The molecule has 2 fully saturated rings. The van der Waals surface area contributed by atoms with Crippen molar-refractivity contribution in [2.45, 2.75) is 52.5 Å². The Labute approximate surface area is 120 Å². The lowest BCUT2D eigenvalue weighted by Gasteiger charge is -2.36. The third-order valence-corrected chi connectivity index (χ3v) is 5.12. The number of piperidine rings is 1. The van der Waals surface area contributed by atoms with Crippen LogP contribution in [0.4, 0.5) is 4.79 Å². The molecule has 0 aromatic heterocycles. The molecule has 0 aromatic rings. The van der Waals surface area contributed by atoms with Crippen molar-refractivity contribution < 1.29 is 14.7 Å². The second kappa shape index (κ2) is 5.62. The van der Waals surface area contributed by atoms with E-state index in [1.54, 1.807) is 0 Å². The molecule has 2 aliphatic rings. The van der Waals surface area contributed by atoms with Gasteiger partial charge >= 0.3 is 12.0 Å². The van der Waals surface area contributed by atoms with E-state index in [1.165, 1.54) is 4.90 Å². The number of carboxylic acids is 1. The number of aliphatic carboxylic acids is 1. The predicted molar refractivity (Wildman–Crippen MR) is 76.4 cm³/mol. The van der Waals surface area contributed by atoms with Crippen molar-refractivity contribution in [3.8, 4) is 0 Å². The number of hydrogen-bond donors (Lipinski definition) is 2. The largest absolute Gasteiger partial charge is 0.480 e. The van der Waals surface area contributed by atoms with Gasteiger partial charge in [0.2, 0.25) is 0 Å². The van der Waals surface area contributed by atoms with Crippen LogP contribution in [0.3, 0.4) is 0 Å². The summed E-state index contributed by atoms with van der Waals surface area (Å²) in [6.07, 6.45) is 3.75. The molecule has 2 unspecified atom stereocenters. The molecular weight excluding hydrogens is 256 g/mol. The van der Waals surface area contributed by atoms with Gasteiger partial charge in [-0.3, -0.25) is 0 Å². The van der Waals surface area contributed by atoms with Crippen LogP contribution in [0.25, 0.3) is 0 Å². The van der Waals surface area contributed by atoms with Crippen molar-refractivity contribution >= 4 is 12.0 Å². The molecule has 5 heteroatoms. The van der Waals surface area contributed by atoms with E-state index in [1.807, 2.05) is 6.92 Å². The summed E-state index contributed by atoms with van der Waals surface area (Å²) in [5.74, 6) is 0.0294. The van der Waals surface area contributed by atoms with Crippen molar-refractivity contribution in [3.63, 3.8) is 0 Å². The Morgan fingerprint density at radius 3 is 2.55 bits per heavy atom. The number of urea groups is 1. The van der Waals surface area contributed by atoms with Gasteiger partial charge in [0, 0.05) is 13.1 Å². The number of carbonyl (C=O) groups is 2. The summed E-state index contributed by atoms with van der Waals surface area (Å²) in [6.45, 7) is 7.62. The number of amides is 2. The second-order valence-electron chi connectivity index (χ2n) is 6.85. The van der Waals surface area contributed by atoms with E-state index >= 15 is 0 Å². The average molecular weight is 282 g/mol. The van der Waals surface area contributed by atoms with Gasteiger partial charge in [-0.15, -0.1) is 0 Å². The lowest BCUT2D eigenvalue weighted by Crippen LogP contribution is -2.54. The highest BCUT2D eigenvalue weighted by atomic mass is 16.4. The molecule has 1 aliphatic carbocycles. The summed E-state index contributed by atoms with van der Waals surface area (Å²) < 4.78 is 0. The van der Waals surface area contributed by atoms with Gasteiger partial charge in [-0.2, -0.15) is 0 Å². The molecule has 1 saturated heterocycles. The molecule has 2 rings (SSSR count). The first-order chi connectivity index (χ1) is 9.35. The molecule has 5 nitrogen and oxygen atoms in total. The van der Waals surface area contributed by atoms with Crippen LogP contribution in [0.2, 0.25) is 0 Å². The maximum atomic E-state index is 12.3. The van der Waals surface area contributed by atoms with Crippen LogP contribution >= 0.6 is 0 Å². The maximum Gasteiger partial charge on any atom is 0.326 e. The summed E-state index contributed by atoms with van der Waals surface area (Å²) in [7, 11) is 0. The number of nitrogens with one attached hydrogen (secondary N) is 1. The molecule has 1 saturated carbocycles. The van der Waals surface area contributed by atoms with E-state index in [9.17, 15) is 14.7 Å². The smallest absolute Gasteiger partial charge is 0.326 e. The van der Waals surface area contributed by atoms with E-state index in [4.69, 9.17) is 0 Å². The lowest BCUT2D eigenvalue weighted by molar-refractivity contribution is -0.143. The summed E-state index contributed by atoms with van der Waals surface area (Å²) in [5.41, 5.74) is 0.247. The molecule has 2 atom stereocenters. The Morgan fingerprint density at radius 2 is 2.05 bits per heavy atom. The highest BCUT2D eigenvalue weighted by Crippen LogP contribution is 2.51. The molecule has 0 radical (unpaired) electrons. The Hall–Kier alpha value is -1.26. The molecule has 2 amide bonds. The summed E-state index contributed by atoms with van der Waals surface area (Å²) in [4.78, 5) is 25.1. The highest BCUT2D eigenvalue weighted by molar-refractivity contribution is 5.83. The minimum absolute atomic E-state index is 0.212. The van der Waals surface area contributed by atoms with Crippen molar-refractivity contribution in [2.75, 3.05) is 13.1 Å². The molecule has 114 valence electrons. The van der Waals surface area contributed by atoms with Crippen molar-refractivity contribution in [1.82, 2.24) is 10.2 Å². The van der Waals surface area contributed by atoms with E-state index in [0.717, 1.165) is 19.3 Å². The van der Waals surface area contributed by atoms with Crippen LogP contribution in [0.1, 0.15) is 46.5 Å². The van der Waals surface area contributed by atoms with Crippen LogP contribution in [0.15, 0.2) is 0 Å². The van der Waals surface area contributed by atoms with Gasteiger partial charge in [0.25, 0.3) is 0 Å². The van der Waals surface area contributed by atoms with Crippen LogP contribution in [-0.4, -0.2) is 41.1 Å². The number of rotatable bonds is 4. The molecule has 2 N–H and O–H groups in total. The minimum atomic E-state index is -0.892. The third kappa shape index (κ3) is 3.07. The Morgan fingerprint density at radius 1 is 1.40 bits per heavy atom. The maximum absolute atomic E-state index is 12.3. The topological polar surface area (TPSA) is 69.6 Å². The lowest BCUT2D eigenvalue weighted by atomic mass is 9.92. The SMILES string of the molecule is CC1CCN(C(=O)NCC2(C(C)C)CC2)C(C(=O)O)C1. The quantitative estimate of drug-likeness (QED) is 0.831. The first kappa shape index (κ1) is 15.1. The monoisotopic (exact) mass is 282 g/mol. The van der Waals surface area contributed by atoms with Crippen molar-refractivity contribution in [3.05, 3.63) is 0 Å². The standard InChI is InChI=1S/C15H26N2O3/c1-10(2)15(5-6-15)9-16-14(20)17-7-4-11(3)8-12(17)13(18)19/h10-12H,4-9H2,1-3H3,(H,16,20)(H,18,19). The van der Waals surface area contributed by atoms with Crippen LogP contribution in [-0.2, 0) is 4.79 Å². The van der Waals surface area contributed by atoms with Gasteiger partial charge in [-0.1, -0.05) is 20.8 Å². The average Bonchev–Trinajstić information content (AvgIpc) is 3.17. The van der Waals surface area contributed by atoms with Crippen LogP contribution < -0.4 is 5.32 Å². The van der Waals surface area contributed by atoms with E-state index in [-0.39, 0.29) is 11.4 Å². The highest BCUT2D eigenvalue weighted by Gasteiger charge is 2.46. The zero-order chi connectivity index (χ0) is 14.9. The van der Waals surface area contributed by atoms with Crippen molar-refractivity contribution in [1.29, 1.82) is 0 Å². The predicted octanol–water partition coefficient (Wildman–Crippen LogP) is 2.32. The zero-order valence-electron chi connectivity index (χ0n) is 12.7. The van der Waals surface area contributed by atoms with Gasteiger partial charge in [0.15, 0.2) is 0 Å². The minimum Gasteiger partial charge on any atom is -0.480 e. The van der Waals surface area contributed by atoms with E-state index in [0.29, 0.717) is 31.3 Å². The zero-order valence-corrected chi connectivity index (χ0v) is 12.7. The molecule has 1 heterocycles. The van der Waals surface area contributed by atoms with Gasteiger partial charge in [-0.05, 0) is 42.9 Å². The molecule has 0 aromatic carbocycles. The van der Waals surface area contributed by atoms with Gasteiger partial charge in [-0.25, -0.2) is 9.59 Å². The fourth-order valence-corrected chi connectivity index (χ4v) is 3.09. The first-order valence-electron chi connectivity index (χ1n) is 7.63. The first-order valence-corrected chi connectivity index (χ1v) is 7.63. The summed E-state index contributed by atoms with van der Waals surface area (Å²) in [6, 6.07) is -0.885. The number of carboxylic acid groups (broad SMARTS) is 1. The summed E-state index contributed by atoms with van der Waals surface area (Å²) in [5, 5.41) is 12.2. The fourth-order valence-electron chi connectivity index (χ4n) is 3.09. The van der Waals surface area contributed by atoms with Gasteiger partial charge in [0.1, 0.15) is 6.04 Å². The molecule has 0 spiro atoms. The second-order valence-corrected chi connectivity index (χ2v) is 6.85. The van der Waals surface area contributed by atoms with Crippen LogP contribution in [0, 0.1) is 17.3 Å². The van der Waals surface area contributed by atoms with Crippen LogP contribution in [0.5, 0.6) is 0 Å². The Kier molecular flexibility index (Phi) is 4.25. The number of nitrogens with zero attached hydrogens (tertiary/aromatic N) is 1. The third-order valence-electron chi connectivity index (χ3n) is 5.12. The molecule has 20 heavy (non-hydrogen) atoms.